The number of rotatable bonds is 7. The maximum absolute atomic E-state index is 12.3. The van der Waals surface area contributed by atoms with Gasteiger partial charge in [-0.3, -0.25) is 9.59 Å². The van der Waals surface area contributed by atoms with Gasteiger partial charge in [0.25, 0.3) is 5.91 Å². The maximum atomic E-state index is 12.3. The number of hydrogen-bond acceptors (Lipinski definition) is 7. The van der Waals surface area contributed by atoms with E-state index >= 15 is 0 Å². The first-order valence-electron chi connectivity index (χ1n) is 9.85. The molecule has 1 aliphatic carbocycles. The summed E-state index contributed by atoms with van der Waals surface area (Å²) in [6, 6.07) is 0. The Morgan fingerprint density at radius 2 is 1.97 bits per heavy atom. The van der Waals surface area contributed by atoms with Gasteiger partial charge in [0.05, 0.1) is 11.4 Å². The summed E-state index contributed by atoms with van der Waals surface area (Å²) in [5.74, 6) is 1.61. The van der Waals surface area contributed by atoms with E-state index in [9.17, 15) is 9.59 Å². The Morgan fingerprint density at radius 1 is 1.24 bits per heavy atom. The van der Waals surface area contributed by atoms with Crippen molar-refractivity contribution >= 4 is 40.0 Å². The van der Waals surface area contributed by atoms with Crippen molar-refractivity contribution in [1.82, 2.24) is 24.6 Å². The van der Waals surface area contributed by atoms with Crippen LogP contribution in [0.4, 0.5) is 5.13 Å². The fraction of sp³-hybridized carbons (Fsp3) is 0.632. The molecule has 1 N–H and O–H groups in total. The molecule has 1 aliphatic rings. The number of thiazole rings is 1. The molecule has 0 radical (unpaired) electrons. The fourth-order valence-corrected chi connectivity index (χ4v) is 5.17. The Bertz CT molecular complexity index is 870. The van der Waals surface area contributed by atoms with Crippen LogP contribution in [0.5, 0.6) is 0 Å². The molecule has 0 saturated heterocycles. The predicted molar refractivity (Wildman–Crippen MR) is 116 cm³/mol. The van der Waals surface area contributed by atoms with Crippen LogP contribution in [0.3, 0.4) is 0 Å². The van der Waals surface area contributed by atoms with Gasteiger partial charge in [-0.2, -0.15) is 0 Å². The minimum absolute atomic E-state index is 0.112. The molecule has 1 fully saturated rings. The van der Waals surface area contributed by atoms with Gasteiger partial charge in [-0.25, -0.2) is 4.98 Å². The van der Waals surface area contributed by atoms with Crippen molar-refractivity contribution in [2.75, 3.05) is 25.2 Å². The van der Waals surface area contributed by atoms with Gasteiger partial charge in [-0.15, -0.1) is 10.2 Å². The van der Waals surface area contributed by atoms with Gasteiger partial charge in [-0.05, 0) is 12.8 Å². The summed E-state index contributed by atoms with van der Waals surface area (Å²) in [5, 5.41) is 12.5. The van der Waals surface area contributed by atoms with E-state index in [0.29, 0.717) is 21.6 Å². The van der Waals surface area contributed by atoms with E-state index < -0.39 is 0 Å². The largest absolute Gasteiger partial charge is 0.344 e. The predicted octanol–water partition coefficient (Wildman–Crippen LogP) is 3.14. The van der Waals surface area contributed by atoms with Crippen LogP contribution in [0.25, 0.3) is 0 Å². The molecule has 0 atom stereocenters. The molecule has 1 saturated carbocycles. The van der Waals surface area contributed by atoms with Gasteiger partial charge in [0.15, 0.2) is 10.3 Å². The second-order valence-electron chi connectivity index (χ2n) is 7.64. The Kier molecular flexibility index (Phi) is 7.28. The molecule has 0 aromatic carbocycles. The van der Waals surface area contributed by atoms with Crippen molar-refractivity contribution in [3.63, 3.8) is 0 Å². The second kappa shape index (κ2) is 9.71. The standard InChI is InChI=1S/C19H28N6O2S2/c1-12-16(17(27)24(2)3)29-18(20-12)21-15(26)11-28-19-23-22-14(25(19)4)10-13-8-6-5-7-9-13/h13H,5-11H2,1-4H3,(H,20,21,26). The summed E-state index contributed by atoms with van der Waals surface area (Å²) in [7, 11) is 5.35. The first-order chi connectivity index (χ1) is 13.8. The molecule has 2 heterocycles. The zero-order chi connectivity index (χ0) is 21.0. The number of aromatic nitrogens is 4. The second-order valence-corrected chi connectivity index (χ2v) is 9.58. The van der Waals surface area contributed by atoms with Gasteiger partial charge in [-0.1, -0.05) is 55.2 Å². The number of carbonyl (C=O) groups is 2. The highest BCUT2D eigenvalue weighted by molar-refractivity contribution is 7.99. The van der Waals surface area contributed by atoms with E-state index in [-0.39, 0.29) is 17.6 Å². The van der Waals surface area contributed by atoms with Crippen LogP contribution < -0.4 is 5.32 Å². The lowest BCUT2D eigenvalue weighted by atomic mass is 9.87. The maximum Gasteiger partial charge on any atom is 0.265 e. The van der Waals surface area contributed by atoms with Crippen molar-refractivity contribution < 1.29 is 9.59 Å². The number of nitrogens with one attached hydrogen (secondary N) is 1. The third-order valence-corrected chi connectivity index (χ3v) is 7.18. The van der Waals surface area contributed by atoms with Crippen LogP contribution in [0.1, 0.15) is 53.3 Å². The molecule has 0 aliphatic heterocycles. The Labute approximate surface area is 179 Å². The van der Waals surface area contributed by atoms with Crippen LogP contribution in [-0.2, 0) is 18.3 Å². The average molecular weight is 437 g/mol. The SMILES string of the molecule is Cc1nc(NC(=O)CSc2nnc(CC3CCCCC3)n2C)sc1C(=O)N(C)C. The summed E-state index contributed by atoms with van der Waals surface area (Å²) in [5.41, 5.74) is 0.623. The molecule has 0 spiro atoms. The molecule has 2 aromatic rings. The first-order valence-corrected chi connectivity index (χ1v) is 11.7. The molecule has 3 rings (SSSR count). The molecule has 2 aromatic heterocycles. The average Bonchev–Trinajstić information content (AvgIpc) is 3.22. The summed E-state index contributed by atoms with van der Waals surface area (Å²) < 4.78 is 1.99. The lowest BCUT2D eigenvalue weighted by Gasteiger charge is -2.20. The molecular weight excluding hydrogens is 408 g/mol. The highest BCUT2D eigenvalue weighted by Crippen LogP contribution is 2.27. The highest BCUT2D eigenvalue weighted by Gasteiger charge is 2.20. The fourth-order valence-electron chi connectivity index (χ4n) is 3.43. The third-order valence-electron chi connectivity index (χ3n) is 5.10. The van der Waals surface area contributed by atoms with E-state index in [1.807, 2.05) is 11.6 Å². The van der Waals surface area contributed by atoms with Crippen LogP contribution >= 0.6 is 23.1 Å². The smallest absolute Gasteiger partial charge is 0.265 e. The van der Waals surface area contributed by atoms with Gasteiger partial charge in [0.2, 0.25) is 5.91 Å². The monoisotopic (exact) mass is 436 g/mol. The molecule has 158 valence electrons. The molecule has 29 heavy (non-hydrogen) atoms. The van der Waals surface area contributed by atoms with Crippen LogP contribution in [-0.4, -0.2) is 56.3 Å². The van der Waals surface area contributed by atoms with E-state index in [4.69, 9.17) is 0 Å². The Morgan fingerprint density at radius 3 is 2.66 bits per heavy atom. The molecule has 2 amide bonds. The van der Waals surface area contributed by atoms with Crippen molar-refractivity contribution in [2.45, 2.75) is 50.6 Å². The normalized spacial score (nSPS) is 14.8. The van der Waals surface area contributed by atoms with Crippen LogP contribution in [0.15, 0.2) is 5.16 Å². The van der Waals surface area contributed by atoms with Gasteiger partial charge < -0.3 is 14.8 Å². The van der Waals surface area contributed by atoms with Gasteiger partial charge in [0, 0.05) is 27.6 Å². The highest BCUT2D eigenvalue weighted by atomic mass is 32.2. The molecule has 0 bridgehead atoms. The zero-order valence-electron chi connectivity index (χ0n) is 17.4. The summed E-state index contributed by atoms with van der Waals surface area (Å²) in [4.78, 5) is 30.8. The van der Waals surface area contributed by atoms with Crippen molar-refractivity contribution in [3.8, 4) is 0 Å². The summed E-state index contributed by atoms with van der Waals surface area (Å²) >= 11 is 2.55. The molecule has 10 heteroatoms. The summed E-state index contributed by atoms with van der Waals surface area (Å²) in [6.45, 7) is 1.77. The number of aryl methyl sites for hydroxylation is 1. The molecule has 0 unspecified atom stereocenters. The Balaban J connectivity index is 1.53. The summed E-state index contributed by atoms with van der Waals surface area (Å²) in [6.07, 6.45) is 7.45. The van der Waals surface area contributed by atoms with Gasteiger partial charge in [0.1, 0.15) is 10.7 Å². The first kappa shape index (κ1) is 21.8. The number of nitrogens with zero attached hydrogens (tertiary/aromatic N) is 5. The minimum atomic E-state index is -0.176. The number of thioether (sulfide) groups is 1. The topological polar surface area (TPSA) is 93.0 Å². The van der Waals surface area contributed by atoms with Gasteiger partial charge >= 0.3 is 0 Å². The number of amides is 2. The quantitative estimate of drug-likeness (QED) is 0.670. The zero-order valence-corrected chi connectivity index (χ0v) is 19.0. The Hall–Kier alpha value is -1.94. The molecule has 8 nitrogen and oxygen atoms in total. The third kappa shape index (κ3) is 5.57. The lowest BCUT2D eigenvalue weighted by Crippen LogP contribution is -2.21. The van der Waals surface area contributed by atoms with E-state index in [2.05, 4.69) is 20.5 Å². The molecular formula is C19H28N6O2S2. The van der Waals surface area contributed by atoms with Crippen LogP contribution in [0, 0.1) is 12.8 Å². The van der Waals surface area contributed by atoms with Crippen molar-refractivity contribution in [2.24, 2.45) is 13.0 Å². The van der Waals surface area contributed by atoms with Crippen LogP contribution in [0.2, 0.25) is 0 Å². The minimum Gasteiger partial charge on any atom is -0.344 e. The van der Waals surface area contributed by atoms with E-state index in [1.54, 1.807) is 21.0 Å². The number of carbonyl (C=O) groups excluding carboxylic acids is 2. The number of hydrogen-bond donors (Lipinski definition) is 1. The van der Waals surface area contributed by atoms with Crippen molar-refractivity contribution in [1.29, 1.82) is 0 Å². The lowest BCUT2D eigenvalue weighted by molar-refractivity contribution is -0.113. The van der Waals surface area contributed by atoms with Crippen molar-refractivity contribution in [3.05, 3.63) is 16.4 Å². The van der Waals surface area contributed by atoms with E-state index in [1.165, 1.54) is 60.1 Å². The number of anilines is 1. The van der Waals surface area contributed by atoms with E-state index in [0.717, 1.165) is 17.4 Å².